The van der Waals surface area contributed by atoms with Crippen molar-refractivity contribution in [2.45, 2.75) is 52.0 Å². The zero-order valence-corrected chi connectivity index (χ0v) is 0. The molecule has 0 amide bonds. The normalized spacial score (nSPS) is 0. The Bertz CT molecular complexity index is 10.4. The molecule has 0 aliphatic rings. The Labute approximate surface area is 58.9 Å². The summed E-state index contributed by atoms with van der Waals surface area (Å²) in [7, 11) is 0. The fourth-order valence-corrected chi connectivity index (χ4v) is 0. The second-order valence-electron chi connectivity index (χ2n) is 0. The van der Waals surface area contributed by atoms with Gasteiger partial charge in [0.2, 0.25) is 0 Å². The molecule has 7 heavy (non-hydrogen) atoms. The Kier molecular flexibility index (Phi) is 0. The quantitative estimate of drug-likeness (QED) is 0.399. The van der Waals surface area contributed by atoms with Crippen molar-refractivity contribution in [1.29, 1.82) is 0 Å². The van der Waals surface area contributed by atoms with E-state index in [-0.39, 0.29) is 57.7 Å². The summed E-state index contributed by atoms with van der Waals surface area (Å²) >= 11 is 0. The fraction of sp³-hybridized carbons (Fsp3) is 1.00. The van der Waals surface area contributed by atoms with Gasteiger partial charge in [0.25, 0.3) is 0 Å². The average Bonchev–Trinajstić information content (AvgIpc) is 0. The lowest BCUT2D eigenvalue weighted by atomic mass is 12.0. The van der Waals surface area contributed by atoms with Crippen molar-refractivity contribution in [3.8, 4) is 0 Å². The highest BCUT2D eigenvalue weighted by Gasteiger charge is -0.0716. The van der Waals surface area contributed by atoms with Gasteiger partial charge >= 0.3 is 0 Å². The van der Waals surface area contributed by atoms with Gasteiger partial charge in [-0.15, -0.1) is 0 Å². The SMILES string of the molecule is C.C.C.C.C.C.C.[HH].[HH].[HH].[HH]. The summed E-state index contributed by atoms with van der Waals surface area (Å²) in [4.78, 5) is 0. The topological polar surface area (TPSA) is 0 Å². The van der Waals surface area contributed by atoms with Gasteiger partial charge in [0.05, 0.1) is 0 Å². The third kappa shape index (κ3) is 0. The van der Waals surface area contributed by atoms with Gasteiger partial charge in [-0.05, 0) is 0 Å². The van der Waals surface area contributed by atoms with Crippen molar-refractivity contribution in [3.63, 3.8) is 0 Å². The molecule has 0 heteroatoms. The maximum absolute atomic E-state index is 0. The van der Waals surface area contributed by atoms with E-state index in [2.05, 4.69) is 0 Å². The molecule has 0 aromatic heterocycles. The zero-order chi connectivity index (χ0) is 0. The minimum atomic E-state index is 0. The van der Waals surface area contributed by atoms with Crippen LogP contribution in [0.4, 0.5) is 0 Å². The first-order chi connectivity index (χ1) is 0. The molecule has 0 radical (unpaired) electrons. The van der Waals surface area contributed by atoms with E-state index in [9.17, 15) is 0 Å². The molecule has 64 valence electrons. The minimum absolute atomic E-state index is 0. The summed E-state index contributed by atoms with van der Waals surface area (Å²) in [6.07, 6.45) is 0. The molecule has 0 bridgehead atoms. The van der Waals surface area contributed by atoms with Gasteiger partial charge in [-0.1, -0.05) is 52.0 Å². The summed E-state index contributed by atoms with van der Waals surface area (Å²) in [6, 6.07) is 0. The van der Waals surface area contributed by atoms with E-state index in [4.69, 9.17) is 0 Å². The predicted octanol–water partition coefficient (Wildman–Crippen LogP) is 5.44. The van der Waals surface area contributed by atoms with Crippen LogP contribution in [0.3, 0.4) is 0 Å². The fourth-order valence-electron chi connectivity index (χ4n) is 0. The lowest BCUT2D eigenvalue weighted by Gasteiger charge is -0.0786. The van der Waals surface area contributed by atoms with Crippen molar-refractivity contribution < 1.29 is 5.71 Å². The summed E-state index contributed by atoms with van der Waals surface area (Å²) in [5, 5.41) is 0. The summed E-state index contributed by atoms with van der Waals surface area (Å²) in [6.45, 7) is 0. The second-order valence-corrected chi connectivity index (χ2v) is 0. The van der Waals surface area contributed by atoms with Crippen LogP contribution in [-0.2, 0) is 0 Å². The van der Waals surface area contributed by atoms with Crippen molar-refractivity contribution >= 4 is 0 Å². The maximum atomic E-state index is 0. The molecule has 0 saturated heterocycles. The molecule has 0 aromatic carbocycles. The smallest absolute Gasteiger partial charge is 0 e. The molecule has 0 aromatic rings. The minimum Gasteiger partial charge on any atom is -0.0776 e. The van der Waals surface area contributed by atoms with E-state index in [1.165, 1.54) is 0 Å². The molecule has 0 fully saturated rings. The van der Waals surface area contributed by atoms with Crippen LogP contribution >= 0.6 is 0 Å². The summed E-state index contributed by atoms with van der Waals surface area (Å²) < 4.78 is 0. The van der Waals surface area contributed by atoms with Gasteiger partial charge in [0.1, 0.15) is 0 Å². The highest BCUT2D eigenvalue weighted by Crippen LogP contribution is 0.150. The largest absolute Gasteiger partial charge is 0.0776 e. The molecule has 0 unspecified atom stereocenters. The highest BCUT2D eigenvalue weighted by molar-refractivity contribution is 2.51. The summed E-state index contributed by atoms with van der Waals surface area (Å²) in [5.41, 5.74) is 0. The van der Waals surface area contributed by atoms with Crippen LogP contribution in [0.5, 0.6) is 0 Å². The maximum Gasteiger partial charge on any atom is 0 e. The third-order valence-corrected chi connectivity index (χ3v) is 0. The monoisotopic (exact) mass is 120 g/mol. The molecular formula is C7H36. The van der Waals surface area contributed by atoms with Gasteiger partial charge in [-0.2, -0.15) is 0 Å². The van der Waals surface area contributed by atoms with Gasteiger partial charge in [-0.3, -0.25) is 0 Å². The van der Waals surface area contributed by atoms with Gasteiger partial charge < -0.3 is 0 Å². The molecule has 0 N–H and O–H groups in total. The van der Waals surface area contributed by atoms with Crippen molar-refractivity contribution in [2.75, 3.05) is 0 Å². The Morgan fingerprint density at radius 2 is 0.286 bits per heavy atom. The van der Waals surface area contributed by atoms with Crippen LogP contribution in [0.25, 0.3) is 0 Å². The Hall–Kier alpha value is 0. The lowest BCUT2D eigenvalue weighted by molar-refractivity contribution is 2.50. The first-order valence-electron chi connectivity index (χ1n) is 0. The van der Waals surface area contributed by atoms with Crippen LogP contribution in [0.2, 0.25) is 0 Å². The first kappa shape index (κ1) is 0. The second kappa shape index (κ2) is 0. The van der Waals surface area contributed by atoms with E-state index < -0.39 is 0 Å². The third-order valence-electron chi connectivity index (χ3n) is 0. The Morgan fingerprint density at radius 3 is 0.286 bits per heavy atom. The molecule has 0 rings (SSSR count). The van der Waals surface area contributed by atoms with Gasteiger partial charge in [-0.25, -0.2) is 0 Å². The first-order valence-corrected chi connectivity index (χ1v) is 0. The van der Waals surface area contributed by atoms with Crippen LogP contribution in [-0.4, -0.2) is 0 Å². The molecule has 0 nitrogen and oxygen atoms in total. The molecule has 0 aliphatic carbocycles. The molecule has 0 saturated carbocycles. The average molecular weight is 120 g/mol. The van der Waals surface area contributed by atoms with E-state index >= 15 is 0 Å². The number of hydrogen-bond acceptors (Lipinski definition) is 0. The van der Waals surface area contributed by atoms with Crippen LogP contribution in [0.15, 0.2) is 0 Å². The molecule has 0 atom stereocenters. The standard InChI is InChI=1S/7CH4.4H2/h7*1H4;4*1H. The predicted molar refractivity (Wildman–Crippen MR) is 55.6 cm³/mol. The lowest BCUT2D eigenvalue weighted by Crippen LogP contribution is 0.143. The van der Waals surface area contributed by atoms with E-state index in [1.54, 1.807) is 0 Å². The van der Waals surface area contributed by atoms with E-state index in [0.717, 1.165) is 0 Å². The molecular weight excluding hydrogens is 84.1 g/mol. The summed E-state index contributed by atoms with van der Waals surface area (Å²) in [5.74, 6) is 0. The zero-order valence-electron chi connectivity index (χ0n) is 0. The van der Waals surface area contributed by atoms with Crippen molar-refractivity contribution in [3.05, 3.63) is 0 Å². The highest BCUT2D eigenvalue weighted by atomic mass is 12.0. The van der Waals surface area contributed by atoms with Crippen molar-refractivity contribution in [2.24, 2.45) is 0 Å². The number of hydrogen-bond donors (Lipinski definition) is 0. The van der Waals surface area contributed by atoms with Crippen LogP contribution in [0.1, 0.15) is 57.7 Å². The molecule has 0 aliphatic heterocycles. The van der Waals surface area contributed by atoms with Crippen LogP contribution < -0.4 is 0 Å². The van der Waals surface area contributed by atoms with Gasteiger partial charge in [0, 0.05) is 5.71 Å². The molecule has 0 heterocycles. The van der Waals surface area contributed by atoms with E-state index in [0.29, 0.717) is 0 Å². The van der Waals surface area contributed by atoms with Gasteiger partial charge in [0.15, 0.2) is 0 Å². The Balaban J connectivity index is 0. The number of rotatable bonds is 0. The molecule has 0 spiro atoms. The Morgan fingerprint density at radius 1 is 0.286 bits per heavy atom. The van der Waals surface area contributed by atoms with Crippen molar-refractivity contribution in [1.82, 2.24) is 0 Å². The van der Waals surface area contributed by atoms with Crippen LogP contribution in [0, 0.1) is 0 Å². The van der Waals surface area contributed by atoms with E-state index in [1.807, 2.05) is 0 Å².